The van der Waals surface area contributed by atoms with Crippen LogP contribution < -0.4 is 5.32 Å². The quantitative estimate of drug-likeness (QED) is 0.876. The van der Waals surface area contributed by atoms with Crippen LogP contribution in [0.3, 0.4) is 0 Å². The van der Waals surface area contributed by atoms with Crippen LogP contribution in [0.15, 0.2) is 48.5 Å². The molecule has 1 amide bonds. The summed E-state index contributed by atoms with van der Waals surface area (Å²) in [5.41, 5.74) is 1.94. The van der Waals surface area contributed by atoms with Gasteiger partial charge in [0.1, 0.15) is 0 Å². The zero-order valence-corrected chi connectivity index (χ0v) is 12.8. The van der Waals surface area contributed by atoms with E-state index in [1.807, 2.05) is 31.2 Å². The van der Waals surface area contributed by atoms with Gasteiger partial charge < -0.3 is 5.32 Å². The Morgan fingerprint density at radius 2 is 1.74 bits per heavy atom. The molecule has 0 radical (unpaired) electrons. The average molecular weight is 321 g/mol. The number of hydrogen-bond acceptors (Lipinski definition) is 1. The number of benzene rings is 2. The van der Waals surface area contributed by atoms with Crippen molar-refractivity contribution in [2.75, 3.05) is 0 Å². The van der Waals surface area contributed by atoms with Crippen LogP contribution in [0.1, 0.15) is 28.7 Å². The molecule has 1 N–H and O–H groups in total. The first-order chi connectivity index (χ1) is 10.8. The lowest BCUT2D eigenvalue weighted by Gasteiger charge is -2.09. The molecule has 0 aliphatic heterocycles. The molecule has 2 aromatic carbocycles. The summed E-state index contributed by atoms with van der Waals surface area (Å²) in [5, 5.41) is 2.65. The van der Waals surface area contributed by atoms with Gasteiger partial charge in [0.05, 0.1) is 5.56 Å². The highest BCUT2D eigenvalue weighted by Crippen LogP contribution is 2.29. The number of carbonyl (C=O) groups is 1. The van der Waals surface area contributed by atoms with E-state index in [0.29, 0.717) is 18.4 Å². The second-order valence-corrected chi connectivity index (χ2v) is 5.46. The van der Waals surface area contributed by atoms with Crippen LogP contribution in [0.2, 0.25) is 0 Å². The lowest BCUT2D eigenvalue weighted by atomic mass is 10.1. The molecule has 0 fully saturated rings. The highest BCUT2D eigenvalue weighted by atomic mass is 19.4. The molecule has 0 heterocycles. The molecule has 23 heavy (non-hydrogen) atoms. The van der Waals surface area contributed by atoms with Crippen LogP contribution in [0.4, 0.5) is 13.2 Å². The minimum absolute atomic E-state index is 0.0939. The second kappa shape index (κ2) is 7.31. The zero-order valence-electron chi connectivity index (χ0n) is 12.8. The highest BCUT2D eigenvalue weighted by Gasteiger charge is 2.30. The van der Waals surface area contributed by atoms with Crippen molar-refractivity contribution in [3.05, 3.63) is 70.8 Å². The van der Waals surface area contributed by atoms with Gasteiger partial charge in [-0.1, -0.05) is 42.0 Å². The lowest BCUT2D eigenvalue weighted by molar-refractivity contribution is -0.137. The number of carbonyl (C=O) groups excluding carboxylic acids is 1. The van der Waals surface area contributed by atoms with Crippen molar-refractivity contribution in [3.63, 3.8) is 0 Å². The zero-order chi connectivity index (χ0) is 16.9. The molecule has 0 aliphatic rings. The number of aryl methyl sites for hydroxylation is 2. The van der Waals surface area contributed by atoms with Gasteiger partial charge in [0.25, 0.3) is 0 Å². The number of nitrogens with one attached hydrogen (secondary N) is 1. The van der Waals surface area contributed by atoms with Gasteiger partial charge in [0.15, 0.2) is 0 Å². The van der Waals surface area contributed by atoms with E-state index in [9.17, 15) is 18.0 Å². The predicted octanol–water partition coefficient (Wildman–Crippen LogP) is 4.26. The maximum atomic E-state index is 12.6. The van der Waals surface area contributed by atoms with Gasteiger partial charge >= 0.3 is 6.18 Å². The fourth-order valence-electron chi connectivity index (χ4n) is 2.16. The molecule has 0 unspecified atom stereocenters. The minimum Gasteiger partial charge on any atom is -0.352 e. The SMILES string of the molecule is Cc1ccc(CCC(=O)NCc2cccc(C(F)(F)F)c2)cc1. The Hall–Kier alpha value is -2.30. The highest BCUT2D eigenvalue weighted by molar-refractivity contribution is 5.76. The molecule has 2 aromatic rings. The third kappa shape index (κ3) is 5.43. The van der Waals surface area contributed by atoms with E-state index in [2.05, 4.69) is 5.32 Å². The predicted molar refractivity (Wildman–Crippen MR) is 82.8 cm³/mol. The Bertz CT molecular complexity index is 663. The third-order valence-electron chi connectivity index (χ3n) is 3.51. The van der Waals surface area contributed by atoms with Gasteiger partial charge in [-0.15, -0.1) is 0 Å². The minimum atomic E-state index is -4.37. The van der Waals surface area contributed by atoms with Gasteiger partial charge in [-0.2, -0.15) is 13.2 Å². The molecular weight excluding hydrogens is 303 g/mol. The molecular formula is C18H18F3NO. The average Bonchev–Trinajstić information content (AvgIpc) is 2.52. The van der Waals surface area contributed by atoms with Crippen molar-refractivity contribution in [3.8, 4) is 0 Å². The van der Waals surface area contributed by atoms with Crippen LogP contribution in [0, 0.1) is 6.92 Å². The largest absolute Gasteiger partial charge is 0.416 e. The molecule has 0 aromatic heterocycles. The summed E-state index contributed by atoms with van der Waals surface area (Å²) in [5.74, 6) is -0.178. The maximum Gasteiger partial charge on any atom is 0.416 e. The molecule has 0 aliphatic carbocycles. The number of alkyl halides is 3. The summed E-state index contributed by atoms with van der Waals surface area (Å²) < 4.78 is 37.8. The van der Waals surface area contributed by atoms with Crippen molar-refractivity contribution in [2.24, 2.45) is 0 Å². The summed E-state index contributed by atoms with van der Waals surface area (Å²) in [6.45, 7) is 2.09. The topological polar surface area (TPSA) is 29.1 Å². The van der Waals surface area contributed by atoms with Crippen LogP contribution in [0.25, 0.3) is 0 Å². The van der Waals surface area contributed by atoms with Crippen LogP contribution in [0.5, 0.6) is 0 Å². The van der Waals surface area contributed by atoms with E-state index in [0.717, 1.165) is 23.3 Å². The summed E-state index contributed by atoms with van der Waals surface area (Å²) in [6, 6.07) is 12.9. The van der Waals surface area contributed by atoms with Gasteiger partial charge in [0, 0.05) is 13.0 Å². The van der Waals surface area contributed by atoms with Gasteiger partial charge in [0.2, 0.25) is 5.91 Å². The Kier molecular flexibility index (Phi) is 5.42. The Morgan fingerprint density at radius 3 is 2.39 bits per heavy atom. The normalized spacial score (nSPS) is 11.3. The van der Waals surface area contributed by atoms with E-state index in [1.165, 1.54) is 6.07 Å². The number of rotatable bonds is 5. The van der Waals surface area contributed by atoms with Crippen molar-refractivity contribution in [1.29, 1.82) is 0 Å². The van der Waals surface area contributed by atoms with E-state index in [1.54, 1.807) is 6.07 Å². The van der Waals surface area contributed by atoms with Crippen LogP contribution >= 0.6 is 0 Å². The Balaban J connectivity index is 1.83. The molecule has 0 bridgehead atoms. The fraction of sp³-hybridized carbons (Fsp3) is 0.278. The van der Waals surface area contributed by atoms with Gasteiger partial charge in [-0.05, 0) is 36.6 Å². The van der Waals surface area contributed by atoms with Gasteiger partial charge in [-0.25, -0.2) is 0 Å². The van der Waals surface area contributed by atoms with Crippen molar-refractivity contribution in [1.82, 2.24) is 5.32 Å². The summed E-state index contributed by atoms with van der Waals surface area (Å²) >= 11 is 0. The Morgan fingerprint density at radius 1 is 1.04 bits per heavy atom. The summed E-state index contributed by atoms with van der Waals surface area (Å²) in [4.78, 5) is 11.8. The molecule has 0 spiro atoms. The summed E-state index contributed by atoms with van der Waals surface area (Å²) in [7, 11) is 0. The molecule has 2 rings (SSSR count). The third-order valence-corrected chi connectivity index (χ3v) is 3.51. The molecule has 5 heteroatoms. The van der Waals surface area contributed by atoms with Crippen molar-refractivity contribution in [2.45, 2.75) is 32.5 Å². The van der Waals surface area contributed by atoms with E-state index in [-0.39, 0.29) is 12.5 Å². The molecule has 0 atom stereocenters. The van der Waals surface area contributed by atoms with Crippen LogP contribution in [-0.2, 0) is 23.9 Å². The second-order valence-electron chi connectivity index (χ2n) is 5.46. The lowest BCUT2D eigenvalue weighted by Crippen LogP contribution is -2.23. The first-order valence-corrected chi connectivity index (χ1v) is 7.33. The van der Waals surface area contributed by atoms with Crippen molar-refractivity contribution >= 4 is 5.91 Å². The number of halogens is 3. The standard InChI is InChI=1S/C18H18F3NO/c1-13-5-7-14(8-6-13)9-10-17(23)22-12-15-3-2-4-16(11-15)18(19,20)21/h2-8,11H,9-10,12H2,1H3,(H,22,23). The maximum absolute atomic E-state index is 12.6. The monoisotopic (exact) mass is 321 g/mol. The first kappa shape index (κ1) is 17.1. The number of amides is 1. The smallest absolute Gasteiger partial charge is 0.352 e. The van der Waals surface area contributed by atoms with Gasteiger partial charge in [-0.3, -0.25) is 4.79 Å². The first-order valence-electron chi connectivity index (χ1n) is 7.33. The molecule has 0 saturated carbocycles. The Labute approximate surface area is 133 Å². The number of hydrogen-bond donors (Lipinski definition) is 1. The molecule has 2 nitrogen and oxygen atoms in total. The fourth-order valence-corrected chi connectivity index (χ4v) is 2.16. The van der Waals surface area contributed by atoms with Crippen LogP contribution in [-0.4, -0.2) is 5.91 Å². The van der Waals surface area contributed by atoms with E-state index >= 15 is 0 Å². The molecule has 0 saturated heterocycles. The van der Waals surface area contributed by atoms with Crippen molar-refractivity contribution < 1.29 is 18.0 Å². The van der Waals surface area contributed by atoms with E-state index < -0.39 is 11.7 Å². The van der Waals surface area contributed by atoms with E-state index in [4.69, 9.17) is 0 Å². The molecule has 122 valence electrons. The summed E-state index contributed by atoms with van der Waals surface area (Å²) in [6.07, 6.45) is -3.46.